The summed E-state index contributed by atoms with van der Waals surface area (Å²) in [6, 6.07) is 1.92. The molecule has 1 heterocycles. The number of carbonyl (C=O) groups is 2. The fraction of sp³-hybridized carbons (Fsp3) is 0.652. The summed E-state index contributed by atoms with van der Waals surface area (Å²) in [6.07, 6.45) is 7.23. The van der Waals surface area contributed by atoms with Crippen molar-refractivity contribution < 1.29 is 14.3 Å². The van der Waals surface area contributed by atoms with Crippen molar-refractivity contribution in [3.63, 3.8) is 0 Å². The molecule has 4 fully saturated rings. The van der Waals surface area contributed by atoms with Gasteiger partial charge in [0.15, 0.2) is 12.4 Å². The minimum Gasteiger partial charge on any atom is -0.458 e. The Morgan fingerprint density at radius 3 is 2.28 bits per heavy atom. The number of nitriles is 1. The normalized spacial score (nSPS) is 29.5. The minimum atomic E-state index is -0.411. The van der Waals surface area contributed by atoms with E-state index >= 15 is 0 Å². The molecule has 4 aliphatic rings. The molecule has 0 radical (unpaired) electrons. The van der Waals surface area contributed by atoms with Crippen LogP contribution in [-0.2, 0) is 20.7 Å². The molecule has 6 nitrogen and oxygen atoms in total. The van der Waals surface area contributed by atoms with Crippen molar-refractivity contribution >= 4 is 11.8 Å². The number of rotatable bonds is 6. The van der Waals surface area contributed by atoms with Crippen molar-refractivity contribution in [1.29, 1.82) is 5.26 Å². The van der Waals surface area contributed by atoms with Crippen LogP contribution in [0, 0.1) is 48.3 Å². The number of hydrogen-bond donors (Lipinski definition) is 1. The van der Waals surface area contributed by atoms with E-state index in [0.717, 1.165) is 24.8 Å². The number of pyridine rings is 1. The fourth-order valence-electron chi connectivity index (χ4n) is 6.47. The third kappa shape index (κ3) is 3.63. The van der Waals surface area contributed by atoms with E-state index in [0.29, 0.717) is 35.4 Å². The highest BCUT2D eigenvalue weighted by atomic mass is 16.5. The van der Waals surface area contributed by atoms with E-state index < -0.39 is 11.5 Å². The van der Waals surface area contributed by atoms with E-state index in [4.69, 9.17) is 10.00 Å². The van der Waals surface area contributed by atoms with Crippen LogP contribution in [-0.4, -0.2) is 23.3 Å². The molecule has 1 aromatic heterocycles. The fourth-order valence-corrected chi connectivity index (χ4v) is 6.47. The third-order valence-corrected chi connectivity index (χ3v) is 7.49. The third-order valence-electron chi connectivity index (χ3n) is 7.49. The summed E-state index contributed by atoms with van der Waals surface area (Å²) in [7, 11) is 0. The van der Waals surface area contributed by atoms with Crippen LogP contribution in [0.25, 0.3) is 0 Å². The smallest absolute Gasteiger partial charge is 0.306 e. The lowest BCUT2D eigenvalue weighted by Crippen LogP contribution is -2.51. The van der Waals surface area contributed by atoms with Gasteiger partial charge in [0.05, 0.1) is 0 Å². The number of esters is 1. The number of nitrogens with zero attached hydrogens (tertiary/aromatic N) is 1. The van der Waals surface area contributed by atoms with Crippen LogP contribution in [0.2, 0.25) is 0 Å². The number of aromatic nitrogens is 1. The van der Waals surface area contributed by atoms with Gasteiger partial charge >= 0.3 is 5.97 Å². The van der Waals surface area contributed by atoms with Gasteiger partial charge in [0.2, 0.25) is 0 Å². The van der Waals surface area contributed by atoms with Crippen molar-refractivity contribution in [3.05, 3.63) is 32.7 Å². The van der Waals surface area contributed by atoms with Gasteiger partial charge in [0.1, 0.15) is 11.6 Å². The summed E-state index contributed by atoms with van der Waals surface area (Å²) in [4.78, 5) is 39.7. The van der Waals surface area contributed by atoms with Crippen LogP contribution in [0.1, 0.15) is 67.3 Å². The average molecular weight is 396 g/mol. The minimum absolute atomic E-state index is 0.0796. The highest BCUT2D eigenvalue weighted by Crippen LogP contribution is 2.60. The van der Waals surface area contributed by atoms with Gasteiger partial charge in [-0.05, 0) is 87.7 Å². The molecule has 0 aromatic carbocycles. The lowest BCUT2D eigenvalue weighted by molar-refractivity contribution is -0.157. The van der Waals surface area contributed by atoms with Crippen LogP contribution in [0.5, 0.6) is 0 Å². The van der Waals surface area contributed by atoms with Gasteiger partial charge in [-0.15, -0.1) is 0 Å². The number of hydrogen-bond acceptors (Lipinski definition) is 5. The monoisotopic (exact) mass is 396 g/mol. The molecule has 1 N–H and O–H groups in total. The summed E-state index contributed by atoms with van der Waals surface area (Å²) in [5.41, 5.74) is 1.47. The second-order valence-corrected chi connectivity index (χ2v) is 9.45. The first-order valence-corrected chi connectivity index (χ1v) is 10.6. The largest absolute Gasteiger partial charge is 0.458 e. The van der Waals surface area contributed by atoms with E-state index in [2.05, 4.69) is 4.98 Å². The van der Waals surface area contributed by atoms with Crippen LogP contribution in [0.4, 0.5) is 0 Å². The number of Topliss-reactive ketones (excluding diaryl/α,β-unsaturated/α-hetero) is 1. The maximum Gasteiger partial charge on any atom is 0.306 e. The van der Waals surface area contributed by atoms with Gasteiger partial charge in [-0.3, -0.25) is 14.4 Å². The topological polar surface area (TPSA) is 100 Å². The van der Waals surface area contributed by atoms with E-state index in [1.165, 1.54) is 19.3 Å². The molecule has 154 valence electrons. The second kappa shape index (κ2) is 7.44. The van der Waals surface area contributed by atoms with Gasteiger partial charge in [-0.2, -0.15) is 5.26 Å². The zero-order valence-electron chi connectivity index (χ0n) is 17.2. The van der Waals surface area contributed by atoms with Gasteiger partial charge in [0.25, 0.3) is 5.56 Å². The molecule has 4 bridgehead atoms. The Morgan fingerprint density at radius 2 is 1.72 bits per heavy atom. The van der Waals surface area contributed by atoms with Gasteiger partial charge in [0, 0.05) is 17.5 Å². The Morgan fingerprint density at radius 1 is 1.14 bits per heavy atom. The second-order valence-electron chi connectivity index (χ2n) is 9.45. The molecule has 1 aromatic rings. The van der Waals surface area contributed by atoms with Crippen molar-refractivity contribution in [1.82, 2.24) is 4.98 Å². The van der Waals surface area contributed by atoms with Crippen molar-refractivity contribution in [2.24, 2.45) is 23.2 Å². The van der Waals surface area contributed by atoms with Crippen LogP contribution in [0.3, 0.4) is 0 Å². The molecule has 0 atom stereocenters. The maximum absolute atomic E-state index is 13.0. The highest BCUT2D eigenvalue weighted by molar-refractivity contribution is 5.88. The van der Waals surface area contributed by atoms with Gasteiger partial charge < -0.3 is 9.72 Å². The van der Waals surface area contributed by atoms with E-state index in [9.17, 15) is 14.4 Å². The summed E-state index contributed by atoms with van der Waals surface area (Å²) < 4.78 is 5.35. The van der Waals surface area contributed by atoms with Crippen LogP contribution >= 0.6 is 0 Å². The Hall–Kier alpha value is -2.42. The summed E-state index contributed by atoms with van der Waals surface area (Å²) in [5, 5.41) is 9.15. The lowest BCUT2D eigenvalue weighted by Gasteiger charge is -2.55. The molecule has 0 amide bonds. The molecule has 6 heteroatoms. The maximum atomic E-state index is 13.0. The SMILES string of the molecule is Cc1[nH]c(=O)c(C#N)c(C)c1CCC(=O)OCC(=O)C12CC3CC(CC(C3)C1)C2. The number of H-pyrrole nitrogens is 1. The number of aromatic amines is 1. The van der Waals surface area contributed by atoms with E-state index in [-0.39, 0.29) is 29.8 Å². The summed E-state index contributed by atoms with van der Waals surface area (Å²) in [5.74, 6) is 1.74. The van der Waals surface area contributed by atoms with Gasteiger partial charge in [-0.1, -0.05) is 0 Å². The average Bonchev–Trinajstić information content (AvgIpc) is 2.64. The number of ether oxygens (including phenoxy) is 1. The molecule has 5 rings (SSSR count). The first kappa shape index (κ1) is 19.9. The summed E-state index contributed by atoms with van der Waals surface area (Å²) >= 11 is 0. The first-order chi connectivity index (χ1) is 13.8. The standard InChI is InChI=1S/C23H28N2O4/c1-13-18(14(2)25-22(28)19(13)11-24)3-4-21(27)29-12-20(26)23-8-15-5-16(9-23)7-17(6-15)10-23/h15-17H,3-10,12H2,1-2H3,(H,25,28). The number of nitrogens with one attached hydrogen (secondary N) is 1. The molecule has 0 unspecified atom stereocenters. The highest BCUT2D eigenvalue weighted by Gasteiger charge is 2.54. The zero-order chi connectivity index (χ0) is 20.8. The number of aryl methyl sites for hydroxylation is 1. The number of ketones is 1. The number of carbonyl (C=O) groups excluding carboxylic acids is 2. The van der Waals surface area contributed by atoms with Crippen LogP contribution < -0.4 is 5.56 Å². The van der Waals surface area contributed by atoms with E-state index in [1.54, 1.807) is 13.8 Å². The predicted molar refractivity (Wildman–Crippen MR) is 106 cm³/mol. The lowest BCUT2D eigenvalue weighted by atomic mass is 9.48. The molecular weight excluding hydrogens is 368 g/mol. The molecule has 0 spiro atoms. The molecule has 0 saturated heterocycles. The van der Waals surface area contributed by atoms with Crippen molar-refractivity contribution in [3.8, 4) is 6.07 Å². The Balaban J connectivity index is 1.34. The zero-order valence-corrected chi connectivity index (χ0v) is 17.2. The van der Waals surface area contributed by atoms with Gasteiger partial charge in [-0.25, -0.2) is 0 Å². The van der Waals surface area contributed by atoms with Crippen molar-refractivity contribution in [2.45, 2.75) is 65.2 Å². The molecule has 4 aliphatic carbocycles. The quantitative estimate of drug-likeness (QED) is 0.745. The van der Waals surface area contributed by atoms with Crippen LogP contribution in [0.15, 0.2) is 4.79 Å². The molecule has 0 aliphatic heterocycles. The molecule has 29 heavy (non-hydrogen) atoms. The summed E-state index contributed by atoms with van der Waals surface area (Å²) in [6.45, 7) is 3.35. The predicted octanol–water partition coefficient (Wildman–Crippen LogP) is 3.12. The molecular formula is C23H28N2O4. The van der Waals surface area contributed by atoms with Crippen molar-refractivity contribution in [2.75, 3.05) is 6.61 Å². The Kier molecular flexibility index (Phi) is 5.10. The Bertz CT molecular complexity index is 918. The Labute approximate surface area is 170 Å². The first-order valence-electron chi connectivity index (χ1n) is 10.6. The molecule has 4 saturated carbocycles. The van der Waals surface area contributed by atoms with E-state index in [1.807, 2.05) is 6.07 Å².